The highest BCUT2D eigenvalue weighted by Gasteiger charge is 2.39. The van der Waals surface area contributed by atoms with Crippen LogP contribution in [0.25, 0.3) is 0 Å². The zero-order valence-corrected chi connectivity index (χ0v) is 9.32. The van der Waals surface area contributed by atoms with E-state index in [2.05, 4.69) is 4.74 Å². The predicted molar refractivity (Wildman–Crippen MR) is 54.2 cm³/mol. The molecule has 0 N–H and O–H groups in total. The molecule has 0 atom stereocenters. The number of nitro groups is 1. The molecular formula is C10H5F3N2O4. The molecule has 0 radical (unpaired) electrons. The van der Waals surface area contributed by atoms with Crippen molar-refractivity contribution in [2.24, 2.45) is 0 Å². The highest BCUT2D eigenvalue weighted by Crippen LogP contribution is 2.36. The molecule has 0 amide bonds. The zero-order chi connectivity index (χ0) is 14.8. The lowest BCUT2D eigenvalue weighted by molar-refractivity contribution is -0.385. The summed E-state index contributed by atoms with van der Waals surface area (Å²) in [5.74, 6) is -1.47. The molecule has 0 aliphatic heterocycles. The minimum Gasteiger partial charge on any atom is -0.465 e. The van der Waals surface area contributed by atoms with E-state index in [4.69, 9.17) is 5.26 Å². The molecule has 0 saturated carbocycles. The van der Waals surface area contributed by atoms with E-state index in [0.717, 1.165) is 7.11 Å². The van der Waals surface area contributed by atoms with E-state index in [0.29, 0.717) is 12.1 Å². The number of methoxy groups -OCH3 is 1. The lowest BCUT2D eigenvalue weighted by Gasteiger charge is -2.12. The summed E-state index contributed by atoms with van der Waals surface area (Å²) in [5.41, 5.74) is -4.49. The van der Waals surface area contributed by atoms with Gasteiger partial charge in [0.15, 0.2) is 0 Å². The maximum absolute atomic E-state index is 12.7. The fourth-order valence-electron chi connectivity index (χ4n) is 1.41. The summed E-state index contributed by atoms with van der Waals surface area (Å²) < 4.78 is 42.3. The second-order valence-electron chi connectivity index (χ2n) is 3.24. The smallest absolute Gasteiger partial charge is 0.417 e. The van der Waals surface area contributed by atoms with E-state index in [1.165, 1.54) is 6.07 Å². The Labute approximate surface area is 104 Å². The molecule has 0 fully saturated rings. The molecule has 1 aromatic rings. The number of ether oxygens (including phenoxy) is 1. The largest absolute Gasteiger partial charge is 0.465 e. The molecule has 6 nitrogen and oxygen atoms in total. The van der Waals surface area contributed by atoms with Gasteiger partial charge in [-0.3, -0.25) is 10.1 Å². The van der Waals surface area contributed by atoms with Gasteiger partial charge in [-0.15, -0.1) is 0 Å². The van der Waals surface area contributed by atoms with Gasteiger partial charge in [0.25, 0.3) is 5.69 Å². The number of carbonyl (C=O) groups is 1. The molecule has 0 aliphatic carbocycles. The Kier molecular flexibility index (Phi) is 3.75. The molecular weight excluding hydrogens is 269 g/mol. The summed E-state index contributed by atoms with van der Waals surface area (Å²) in [6.45, 7) is 0. The Morgan fingerprint density at radius 2 is 2.05 bits per heavy atom. The maximum atomic E-state index is 12.7. The van der Waals surface area contributed by atoms with Gasteiger partial charge in [-0.1, -0.05) is 0 Å². The monoisotopic (exact) mass is 274 g/mol. The third-order valence-electron chi connectivity index (χ3n) is 2.19. The number of carbonyl (C=O) groups excluding carboxylic acids is 1. The number of hydrogen-bond donors (Lipinski definition) is 0. The van der Waals surface area contributed by atoms with Crippen LogP contribution in [-0.2, 0) is 10.9 Å². The molecule has 100 valence electrons. The number of alkyl halides is 3. The van der Waals surface area contributed by atoms with Crippen molar-refractivity contribution in [2.75, 3.05) is 7.11 Å². The summed E-state index contributed by atoms with van der Waals surface area (Å²) in [6.07, 6.45) is -4.94. The van der Waals surface area contributed by atoms with Crippen molar-refractivity contribution < 1.29 is 27.6 Å². The summed E-state index contributed by atoms with van der Waals surface area (Å²) in [6, 6.07) is 2.12. The first-order valence-electron chi connectivity index (χ1n) is 4.61. The second-order valence-corrected chi connectivity index (χ2v) is 3.24. The number of nitriles is 1. The van der Waals surface area contributed by atoms with E-state index < -0.39 is 39.4 Å². The van der Waals surface area contributed by atoms with Gasteiger partial charge in [0.05, 0.1) is 23.2 Å². The molecule has 0 aliphatic rings. The predicted octanol–water partition coefficient (Wildman–Crippen LogP) is 2.27. The van der Waals surface area contributed by atoms with Crippen LogP contribution in [0.2, 0.25) is 0 Å². The van der Waals surface area contributed by atoms with E-state index in [1.807, 2.05) is 0 Å². The van der Waals surface area contributed by atoms with Crippen molar-refractivity contribution >= 4 is 11.7 Å². The Balaban J connectivity index is 3.77. The number of nitro benzene ring substituents is 1. The Bertz CT molecular complexity index is 590. The van der Waals surface area contributed by atoms with Crippen LogP contribution in [0, 0.1) is 21.4 Å². The van der Waals surface area contributed by atoms with Crippen molar-refractivity contribution in [3.05, 3.63) is 38.9 Å². The van der Waals surface area contributed by atoms with Gasteiger partial charge < -0.3 is 4.74 Å². The molecule has 0 aromatic heterocycles. The number of esters is 1. The van der Waals surface area contributed by atoms with Crippen LogP contribution in [0.1, 0.15) is 21.5 Å². The molecule has 19 heavy (non-hydrogen) atoms. The maximum Gasteiger partial charge on any atom is 0.417 e. The van der Waals surface area contributed by atoms with Crippen molar-refractivity contribution in [1.29, 1.82) is 5.26 Å². The average molecular weight is 274 g/mol. The van der Waals surface area contributed by atoms with Crippen molar-refractivity contribution in [3.63, 3.8) is 0 Å². The topological polar surface area (TPSA) is 93.2 Å². The van der Waals surface area contributed by atoms with Crippen LogP contribution in [0.5, 0.6) is 0 Å². The summed E-state index contributed by atoms with van der Waals surface area (Å²) in [5, 5.41) is 19.4. The lowest BCUT2D eigenvalue weighted by Crippen LogP contribution is -2.17. The van der Waals surface area contributed by atoms with Crippen molar-refractivity contribution in [1.82, 2.24) is 0 Å². The van der Waals surface area contributed by atoms with Crippen molar-refractivity contribution in [3.8, 4) is 6.07 Å². The van der Waals surface area contributed by atoms with Crippen LogP contribution in [0.4, 0.5) is 18.9 Å². The standard InChI is InChI=1S/C10H5F3N2O4/c1-19-9(16)8-5(4-14)7(15(17)18)3-2-6(8)10(11,12)13/h2-3H,1H3. The fourth-order valence-corrected chi connectivity index (χ4v) is 1.41. The quantitative estimate of drug-likeness (QED) is 0.468. The Morgan fingerprint density at radius 3 is 2.42 bits per heavy atom. The number of nitrogens with zero attached hydrogens (tertiary/aromatic N) is 2. The van der Waals surface area contributed by atoms with E-state index in [1.54, 1.807) is 0 Å². The highest BCUT2D eigenvalue weighted by molar-refractivity contribution is 5.95. The van der Waals surface area contributed by atoms with Gasteiger partial charge in [-0.05, 0) is 6.07 Å². The molecule has 0 saturated heterocycles. The van der Waals surface area contributed by atoms with E-state index >= 15 is 0 Å². The van der Waals surface area contributed by atoms with Crippen LogP contribution >= 0.6 is 0 Å². The third-order valence-corrected chi connectivity index (χ3v) is 2.19. The summed E-state index contributed by atoms with van der Waals surface area (Å²) in [4.78, 5) is 20.9. The van der Waals surface area contributed by atoms with Gasteiger partial charge in [-0.2, -0.15) is 18.4 Å². The first kappa shape index (κ1) is 14.4. The molecule has 1 rings (SSSR count). The summed E-state index contributed by atoms with van der Waals surface area (Å²) >= 11 is 0. The molecule has 1 aromatic carbocycles. The number of rotatable bonds is 2. The molecule has 0 unspecified atom stereocenters. The van der Waals surface area contributed by atoms with Gasteiger partial charge >= 0.3 is 12.1 Å². The molecule has 0 heterocycles. The van der Waals surface area contributed by atoms with E-state index in [-0.39, 0.29) is 0 Å². The SMILES string of the molecule is COC(=O)c1c(C(F)(F)F)ccc([N+](=O)[O-])c1C#N. The number of hydrogen-bond acceptors (Lipinski definition) is 5. The first-order chi connectivity index (χ1) is 8.73. The zero-order valence-electron chi connectivity index (χ0n) is 9.32. The minimum absolute atomic E-state index is 0.366. The first-order valence-corrected chi connectivity index (χ1v) is 4.61. The van der Waals surface area contributed by atoms with Crippen LogP contribution in [0.15, 0.2) is 12.1 Å². The molecule has 9 heteroatoms. The van der Waals surface area contributed by atoms with Crippen LogP contribution in [-0.4, -0.2) is 18.0 Å². The Morgan fingerprint density at radius 1 is 1.47 bits per heavy atom. The highest BCUT2D eigenvalue weighted by atomic mass is 19.4. The molecule has 0 bridgehead atoms. The summed E-state index contributed by atoms with van der Waals surface area (Å²) in [7, 11) is 0.808. The fraction of sp³-hybridized carbons (Fsp3) is 0.200. The van der Waals surface area contributed by atoms with Gasteiger partial charge in [-0.25, -0.2) is 4.79 Å². The average Bonchev–Trinajstić information content (AvgIpc) is 2.34. The number of benzene rings is 1. The normalized spacial score (nSPS) is 10.7. The van der Waals surface area contributed by atoms with Crippen molar-refractivity contribution in [2.45, 2.75) is 6.18 Å². The van der Waals surface area contributed by atoms with Gasteiger partial charge in [0.2, 0.25) is 0 Å². The third kappa shape index (κ3) is 2.62. The van der Waals surface area contributed by atoms with Gasteiger partial charge in [0, 0.05) is 6.07 Å². The second kappa shape index (κ2) is 4.93. The van der Waals surface area contributed by atoms with Gasteiger partial charge in [0.1, 0.15) is 11.6 Å². The van der Waals surface area contributed by atoms with E-state index in [9.17, 15) is 28.1 Å². The molecule has 0 spiro atoms. The number of halogens is 3. The Hall–Kier alpha value is -2.63. The minimum atomic E-state index is -4.94. The van der Waals surface area contributed by atoms with Crippen LogP contribution < -0.4 is 0 Å². The lowest BCUT2D eigenvalue weighted by atomic mass is 9.99. The van der Waals surface area contributed by atoms with Crippen LogP contribution in [0.3, 0.4) is 0 Å².